The number of pyridine rings is 1. The number of fused-ring (bicyclic) bond motifs is 2. The molecule has 176 valence electrons. The molecule has 3 aromatic heterocycles. The van der Waals surface area contributed by atoms with Gasteiger partial charge in [0.15, 0.2) is 5.78 Å². The largest absolute Gasteiger partial charge is 0.328 e. The number of nitrogens with one attached hydrogen (secondary N) is 1. The number of carbonyl (C=O) groups excluding carboxylic acids is 3. The Morgan fingerprint density at radius 3 is 2.79 bits per heavy atom. The molecule has 3 atom stereocenters. The van der Waals surface area contributed by atoms with Gasteiger partial charge in [0.25, 0.3) is 0 Å². The molecule has 10 heteroatoms. The number of aromatic nitrogens is 3. The van der Waals surface area contributed by atoms with Gasteiger partial charge in [0.05, 0.1) is 10.2 Å². The molecule has 0 spiro atoms. The zero-order valence-corrected chi connectivity index (χ0v) is 21.3. The van der Waals surface area contributed by atoms with Gasteiger partial charge in [-0.05, 0) is 77.6 Å². The first-order valence-electron chi connectivity index (χ1n) is 11.5. The van der Waals surface area contributed by atoms with E-state index in [0.29, 0.717) is 34.5 Å². The van der Waals surface area contributed by atoms with Crippen LogP contribution in [0, 0.1) is 18.8 Å². The minimum Gasteiger partial charge on any atom is -0.328 e. The summed E-state index contributed by atoms with van der Waals surface area (Å²) in [7, 11) is 0. The van der Waals surface area contributed by atoms with E-state index in [9.17, 15) is 14.4 Å². The summed E-state index contributed by atoms with van der Waals surface area (Å²) in [6.45, 7) is 4.05. The first-order chi connectivity index (χ1) is 16.3. The minimum absolute atomic E-state index is 0.00559. The van der Waals surface area contributed by atoms with E-state index in [1.54, 1.807) is 9.58 Å². The van der Waals surface area contributed by atoms with Crippen molar-refractivity contribution >= 4 is 60.9 Å². The van der Waals surface area contributed by atoms with Crippen LogP contribution in [0.25, 0.3) is 10.2 Å². The van der Waals surface area contributed by atoms with E-state index in [2.05, 4.69) is 31.3 Å². The summed E-state index contributed by atoms with van der Waals surface area (Å²) in [6, 6.07) is 5.36. The Labute approximate surface area is 208 Å². The standard InChI is InChI=1S/C24H24BrN5O3S/c1-11-7-17-22(34-11)20(12(2)31)28-30(17)10-19(32)29-9-14-8-16(14)21(29)24(33)27-23-15(13-3-4-13)5-6-18(25)26-23/h5-7,13-14,16,21H,3-4,8-10H2,1-2H3,(H,26,27,33)/t14-,16-,21+/m1/s1. The smallest absolute Gasteiger partial charge is 0.248 e. The van der Waals surface area contributed by atoms with Crippen molar-refractivity contribution in [3.8, 4) is 0 Å². The first-order valence-corrected chi connectivity index (χ1v) is 13.2. The number of amides is 2. The average Bonchev–Trinajstić information content (AvgIpc) is 3.66. The highest BCUT2D eigenvalue weighted by atomic mass is 79.9. The Morgan fingerprint density at radius 1 is 1.26 bits per heavy atom. The summed E-state index contributed by atoms with van der Waals surface area (Å²) < 4.78 is 3.09. The summed E-state index contributed by atoms with van der Waals surface area (Å²) in [5, 5.41) is 7.46. The van der Waals surface area contributed by atoms with Crippen LogP contribution >= 0.6 is 27.3 Å². The lowest BCUT2D eigenvalue weighted by Gasteiger charge is -2.27. The van der Waals surface area contributed by atoms with Gasteiger partial charge in [-0.2, -0.15) is 5.10 Å². The number of halogens is 1. The number of ketones is 1. The van der Waals surface area contributed by atoms with Crippen molar-refractivity contribution in [2.45, 2.75) is 51.6 Å². The van der Waals surface area contributed by atoms with Crippen LogP contribution in [-0.2, 0) is 16.1 Å². The molecule has 2 saturated carbocycles. The van der Waals surface area contributed by atoms with Gasteiger partial charge in [-0.1, -0.05) is 6.07 Å². The fourth-order valence-corrected chi connectivity index (χ4v) is 6.52. The molecule has 3 aliphatic rings. The Hall–Kier alpha value is -2.59. The first kappa shape index (κ1) is 21.9. The lowest BCUT2D eigenvalue weighted by molar-refractivity contribution is -0.138. The summed E-state index contributed by atoms with van der Waals surface area (Å²) >= 11 is 4.91. The van der Waals surface area contributed by atoms with Crippen molar-refractivity contribution < 1.29 is 14.4 Å². The van der Waals surface area contributed by atoms with Crippen molar-refractivity contribution in [2.75, 3.05) is 11.9 Å². The highest BCUT2D eigenvalue weighted by molar-refractivity contribution is 9.10. The molecule has 34 heavy (non-hydrogen) atoms. The van der Waals surface area contributed by atoms with Crippen molar-refractivity contribution in [2.24, 2.45) is 11.8 Å². The van der Waals surface area contributed by atoms with E-state index in [1.807, 2.05) is 25.1 Å². The van der Waals surface area contributed by atoms with Gasteiger partial charge in [0.2, 0.25) is 11.8 Å². The van der Waals surface area contributed by atoms with Crippen molar-refractivity contribution in [1.82, 2.24) is 19.7 Å². The molecule has 3 aromatic rings. The fraction of sp³-hybridized carbons (Fsp3) is 0.458. The highest BCUT2D eigenvalue weighted by Gasteiger charge is 2.57. The predicted molar refractivity (Wildman–Crippen MR) is 132 cm³/mol. The number of aryl methyl sites for hydroxylation is 1. The molecule has 0 unspecified atom stereocenters. The van der Waals surface area contributed by atoms with E-state index in [1.165, 1.54) is 18.3 Å². The van der Waals surface area contributed by atoms with Crippen LogP contribution in [0.15, 0.2) is 22.8 Å². The van der Waals surface area contributed by atoms with E-state index < -0.39 is 6.04 Å². The van der Waals surface area contributed by atoms with Gasteiger partial charge in [-0.25, -0.2) is 4.98 Å². The number of nitrogens with zero attached hydrogens (tertiary/aromatic N) is 4. The number of thiophene rings is 1. The maximum absolute atomic E-state index is 13.4. The maximum atomic E-state index is 13.4. The molecular formula is C24H24BrN5O3S. The third-order valence-electron chi connectivity index (χ3n) is 7.06. The lowest BCUT2D eigenvalue weighted by Crippen LogP contribution is -2.47. The zero-order chi connectivity index (χ0) is 23.7. The number of carbonyl (C=O) groups is 3. The number of Topliss-reactive ketones (excluding diaryl/α,β-unsaturated/α-hetero) is 1. The molecule has 1 aliphatic heterocycles. The van der Waals surface area contributed by atoms with Crippen molar-refractivity contribution in [1.29, 1.82) is 0 Å². The average molecular weight is 542 g/mol. The molecule has 2 aliphatic carbocycles. The summed E-state index contributed by atoms with van der Waals surface area (Å²) in [5.74, 6) is 1.14. The van der Waals surface area contributed by atoms with Crippen LogP contribution in [0.3, 0.4) is 0 Å². The van der Waals surface area contributed by atoms with Gasteiger partial charge < -0.3 is 10.2 Å². The van der Waals surface area contributed by atoms with Gasteiger partial charge >= 0.3 is 0 Å². The Kier molecular flexibility index (Phi) is 5.14. The number of likely N-dealkylation sites (tertiary alicyclic amines) is 1. The molecule has 1 N–H and O–H groups in total. The molecule has 1 saturated heterocycles. The number of rotatable bonds is 6. The second-order valence-electron chi connectivity index (χ2n) is 9.62. The van der Waals surface area contributed by atoms with E-state index in [4.69, 9.17) is 0 Å². The topological polar surface area (TPSA) is 97.2 Å². The van der Waals surface area contributed by atoms with E-state index in [0.717, 1.165) is 39.9 Å². The number of hydrogen-bond donors (Lipinski definition) is 1. The molecule has 3 fully saturated rings. The molecule has 2 amide bonds. The predicted octanol–water partition coefficient (Wildman–Crippen LogP) is 4.13. The fourth-order valence-electron chi connectivity index (χ4n) is 5.17. The molecular weight excluding hydrogens is 518 g/mol. The molecule has 6 rings (SSSR count). The van der Waals surface area contributed by atoms with E-state index in [-0.39, 0.29) is 30.1 Å². The molecule has 0 radical (unpaired) electrons. The van der Waals surface area contributed by atoms with Gasteiger partial charge in [-0.15, -0.1) is 11.3 Å². The van der Waals surface area contributed by atoms with Crippen LogP contribution in [0.5, 0.6) is 0 Å². The van der Waals surface area contributed by atoms with Crippen LogP contribution < -0.4 is 5.32 Å². The quantitative estimate of drug-likeness (QED) is 0.373. The Morgan fingerprint density at radius 2 is 2.06 bits per heavy atom. The highest BCUT2D eigenvalue weighted by Crippen LogP contribution is 2.50. The molecule has 0 aromatic carbocycles. The Balaban J connectivity index is 1.24. The summed E-state index contributed by atoms with van der Waals surface area (Å²) in [4.78, 5) is 46.1. The number of anilines is 1. The van der Waals surface area contributed by atoms with Crippen LogP contribution in [-0.4, -0.2) is 49.8 Å². The van der Waals surface area contributed by atoms with Crippen LogP contribution in [0.4, 0.5) is 5.82 Å². The number of hydrogen-bond acceptors (Lipinski definition) is 6. The monoisotopic (exact) mass is 541 g/mol. The number of piperidine rings is 1. The normalized spacial score (nSPS) is 23.3. The molecule has 4 heterocycles. The van der Waals surface area contributed by atoms with Gasteiger partial charge in [0, 0.05) is 18.3 Å². The molecule has 8 nitrogen and oxygen atoms in total. The third kappa shape index (κ3) is 3.76. The lowest BCUT2D eigenvalue weighted by atomic mass is 10.1. The van der Waals surface area contributed by atoms with Crippen LogP contribution in [0.1, 0.15) is 53.0 Å². The van der Waals surface area contributed by atoms with E-state index >= 15 is 0 Å². The minimum atomic E-state index is -0.507. The van der Waals surface area contributed by atoms with Gasteiger partial charge in [0.1, 0.15) is 28.7 Å². The molecule has 0 bridgehead atoms. The maximum Gasteiger partial charge on any atom is 0.248 e. The Bertz CT molecular complexity index is 1360. The second kappa shape index (κ2) is 7.98. The van der Waals surface area contributed by atoms with Crippen LogP contribution in [0.2, 0.25) is 0 Å². The second-order valence-corrected chi connectivity index (χ2v) is 11.7. The van der Waals surface area contributed by atoms with Crippen molar-refractivity contribution in [3.63, 3.8) is 0 Å². The van der Waals surface area contributed by atoms with Gasteiger partial charge in [-0.3, -0.25) is 19.1 Å². The zero-order valence-electron chi connectivity index (χ0n) is 18.9. The summed E-state index contributed by atoms with van der Waals surface area (Å²) in [6.07, 6.45) is 3.18. The summed E-state index contributed by atoms with van der Waals surface area (Å²) in [5.41, 5.74) is 2.25. The third-order valence-corrected chi connectivity index (χ3v) is 8.55. The SMILES string of the molecule is CC(=O)c1nn(CC(=O)N2C[C@H]3C[C@H]3[C@H]2C(=O)Nc2nc(Br)ccc2C2CC2)c2cc(C)sc12. The van der Waals surface area contributed by atoms with Crippen molar-refractivity contribution in [3.05, 3.63) is 38.9 Å².